The lowest BCUT2D eigenvalue weighted by Crippen LogP contribution is -2.24. The summed E-state index contributed by atoms with van der Waals surface area (Å²) in [7, 11) is 0. The van der Waals surface area contributed by atoms with Crippen LogP contribution in [-0.2, 0) is 11.3 Å². The molecule has 4 heteroatoms. The molecule has 1 fully saturated rings. The molecule has 0 radical (unpaired) electrons. The van der Waals surface area contributed by atoms with Crippen LogP contribution in [0.3, 0.4) is 0 Å². The highest BCUT2D eigenvalue weighted by Gasteiger charge is 2.30. The van der Waals surface area contributed by atoms with Crippen molar-refractivity contribution < 1.29 is 4.79 Å². The Balaban J connectivity index is 1.92. The maximum atomic E-state index is 11.9. The van der Waals surface area contributed by atoms with Crippen molar-refractivity contribution in [2.75, 3.05) is 6.54 Å². The number of hydrogen-bond donors (Lipinski definition) is 0. The van der Waals surface area contributed by atoms with Crippen LogP contribution in [0, 0.1) is 18.8 Å². The molecule has 0 bridgehead atoms. The van der Waals surface area contributed by atoms with Gasteiger partial charge in [0.2, 0.25) is 5.91 Å². The molecular weight excluding hydrogens is 232 g/mol. The molecule has 2 heterocycles. The molecule has 1 amide bonds. The van der Waals surface area contributed by atoms with Crippen LogP contribution in [0.4, 0.5) is 0 Å². The predicted molar refractivity (Wildman–Crippen MR) is 69.8 cm³/mol. The zero-order valence-electron chi connectivity index (χ0n) is 10.8. The Morgan fingerprint density at radius 1 is 1.59 bits per heavy atom. The normalized spacial score (nSPS) is 20.6. The Bertz CT molecular complexity index is 400. The summed E-state index contributed by atoms with van der Waals surface area (Å²) in [5.41, 5.74) is 1.03. The second-order valence-corrected chi connectivity index (χ2v) is 6.39. The number of thiazole rings is 1. The lowest BCUT2D eigenvalue weighted by molar-refractivity contribution is -0.128. The third-order valence-electron chi connectivity index (χ3n) is 3.12. The second-order valence-electron chi connectivity index (χ2n) is 5.33. The minimum atomic E-state index is 0.293. The van der Waals surface area contributed by atoms with Crippen LogP contribution in [0.2, 0.25) is 0 Å². The van der Waals surface area contributed by atoms with Gasteiger partial charge in [0, 0.05) is 18.3 Å². The smallest absolute Gasteiger partial charge is 0.223 e. The second kappa shape index (κ2) is 5.17. The molecule has 17 heavy (non-hydrogen) atoms. The molecule has 1 aromatic rings. The van der Waals surface area contributed by atoms with Gasteiger partial charge in [-0.2, -0.15) is 0 Å². The minimum Gasteiger partial charge on any atom is -0.336 e. The van der Waals surface area contributed by atoms with Crippen LogP contribution in [0.15, 0.2) is 5.38 Å². The van der Waals surface area contributed by atoms with E-state index in [1.165, 1.54) is 0 Å². The molecule has 1 saturated heterocycles. The van der Waals surface area contributed by atoms with Gasteiger partial charge in [0.1, 0.15) is 0 Å². The number of carbonyl (C=O) groups is 1. The van der Waals surface area contributed by atoms with Crippen LogP contribution in [0.1, 0.15) is 37.4 Å². The molecule has 1 aromatic heterocycles. The van der Waals surface area contributed by atoms with E-state index in [0.29, 0.717) is 24.3 Å². The standard InChI is InChI=1S/C13H20N2OS/c1-9(2)4-11-5-13(16)15(6-11)7-12-8-17-10(3)14-12/h8-9,11H,4-7H2,1-3H3. The number of amides is 1. The van der Waals surface area contributed by atoms with E-state index in [0.717, 1.165) is 30.1 Å². The Kier molecular flexibility index (Phi) is 3.82. The zero-order chi connectivity index (χ0) is 12.4. The summed E-state index contributed by atoms with van der Waals surface area (Å²) in [5.74, 6) is 1.51. The maximum Gasteiger partial charge on any atom is 0.223 e. The fourth-order valence-corrected chi connectivity index (χ4v) is 3.11. The van der Waals surface area contributed by atoms with E-state index >= 15 is 0 Å². The Morgan fingerprint density at radius 3 is 2.94 bits per heavy atom. The highest BCUT2D eigenvalue weighted by molar-refractivity contribution is 7.09. The zero-order valence-corrected chi connectivity index (χ0v) is 11.6. The van der Waals surface area contributed by atoms with E-state index < -0.39 is 0 Å². The quantitative estimate of drug-likeness (QED) is 0.825. The van der Waals surface area contributed by atoms with Gasteiger partial charge in [0.05, 0.1) is 17.2 Å². The topological polar surface area (TPSA) is 33.2 Å². The van der Waals surface area contributed by atoms with Crippen LogP contribution in [0.5, 0.6) is 0 Å². The van der Waals surface area contributed by atoms with Crippen molar-refractivity contribution in [3.05, 3.63) is 16.1 Å². The van der Waals surface area contributed by atoms with Gasteiger partial charge in [-0.05, 0) is 25.2 Å². The maximum absolute atomic E-state index is 11.9. The number of nitrogens with zero attached hydrogens (tertiary/aromatic N) is 2. The van der Waals surface area contributed by atoms with Gasteiger partial charge in [-0.1, -0.05) is 13.8 Å². The van der Waals surface area contributed by atoms with E-state index in [2.05, 4.69) is 24.2 Å². The molecule has 1 atom stereocenters. The molecule has 0 spiro atoms. The highest BCUT2D eigenvalue weighted by Crippen LogP contribution is 2.25. The first-order chi connectivity index (χ1) is 8.04. The van der Waals surface area contributed by atoms with E-state index in [1.54, 1.807) is 11.3 Å². The fraction of sp³-hybridized carbons (Fsp3) is 0.692. The summed E-state index contributed by atoms with van der Waals surface area (Å²) in [6, 6.07) is 0. The number of rotatable bonds is 4. The number of aromatic nitrogens is 1. The Hall–Kier alpha value is -0.900. The summed E-state index contributed by atoms with van der Waals surface area (Å²) in [6.45, 7) is 8.04. The summed E-state index contributed by atoms with van der Waals surface area (Å²) >= 11 is 1.65. The van der Waals surface area contributed by atoms with Gasteiger partial charge in [0.25, 0.3) is 0 Å². The number of carbonyl (C=O) groups excluding carboxylic acids is 1. The van der Waals surface area contributed by atoms with Crippen LogP contribution in [0.25, 0.3) is 0 Å². The van der Waals surface area contributed by atoms with Crippen molar-refractivity contribution in [2.24, 2.45) is 11.8 Å². The van der Waals surface area contributed by atoms with Crippen molar-refractivity contribution in [1.29, 1.82) is 0 Å². The molecule has 2 rings (SSSR count). The summed E-state index contributed by atoms with van der Waals surface area (Å²) in [6.07, 6.45) is 1.87. The first-order valence-corrected chi connectivity index (χ1v) is 7.11. The van der Waals surface area contributed by atoms with E-state index in [1.807, 2.05) is 11.8 Å². The van der Waals surface area contributed by atoms with Crippen molar-refractivity contribution in [2.45, 2.75) is 40.2 Å². The molecule has 3 nitrogen and oxygen atoms in total. The van der Waals surface area contributed by atoms with Crippen LogP contribution < -0.4 is 0 Å². The highest BCUT2D eigenvalue weighted by atomic mass is 32.1. The molecular formula is C13H20N2OS. The molecule has 1 aliphatic heterocycles. The predicted octanol–water partition coefficient (Wildman–Crippen LogP) is 2.85. The lowest BCUT2D eigenvalue weighted by atomic mass is 9.96. The van der Waals surface area contributed by atoms with Crippen LogP contribution >= 0.6 is 11.3 Å². The molecule has 94 valence electrons. The average molecular weight is 252 g/mol. The van der Waals surface area contributed by atoms with Gasteiger partial charge >= 0.3 is 0 Å². The van der Waals surface area contributed by atoms with Crippen molar-refractivity contribution >= 4 is 17.2 Å². The monoisotopic (exact) mass is 252 g/mol. The number of aryl methyl sites for hydroxylation is 1. The molecule has 0 aromatic carbocycles. The molecule has 0 aliphatic carbocycles. The Morgan fingerprint density at radius 2 is 2.35 bits per heavy atom. The lowest BCUT2D eigenvalue weighted by Gasteiger charge is -2.16. The SMILES string of the molecule is Cc1nc(CN2CC(CC(C)C)CC2=O)cs1. The van der Waals surface area contributed by atoms with Gasteiger partial charge in [0.15, 0.2) is 0 Å². The molecule has 1 aliphatic rings. The summed E-state index contributed by atoms with van der Waals surface area (Å²) < 4.78 is 0. The fourth-order valence-electron chi connectivity index (χ4n) is 2.51. The summed E-state index contributed by atoms with van der Waals surface area (Å²) in [5, 5.41) is 3.13. The molecule has 0 saturated carbocycles. The number of likely N-dealkylation sites (tertiary alicyclic amines) is 1. The first-order valence-electron chi connectivity index (χ1n) is 6.23. The van der Waals surface area contributed by atoms with Crippen molar-refractivity contribution in [1.82, 2.24) is 9.88 Å². The Labute approximate surface area is 107 Å². The minimum absolute atomic E-state index is 0.293. The van der Waals surface area contributed by atoms with E-state index in [9.17, 15) is 4.79 Å². The third-order valence-corrected chi connectivity index (χ3v) is 3.94. The molecule has 1 unspecified atom stereocenters. The molecule has 0 N–H and O–H groups in total. The average Bonchev–Trinajstić information content (AvgIpc) is 2.74. The van der Waals surface area contributed by atoms with Crippen molar-refractivity contribution in [3.8, 4) is 0 Å². The first kappa shape index (κ1) is 12.6. The van der Waals surface area contributed by atoms with Crippen molar-refractivity contribution in [3.63, 3.8) is 0 Å². The van der Waals surface area contributed by atoms with E-state index in [4.69, 9.17) is 0 Å². The third kappa shape index (κ3) is 3.28. The van der Waals surface area contributed by atoms with Gasteiger partial charge in [-0.3, -0.25) is 4.79 Å². The van der Waals surface area contributed by atoms with Gasteiger partial charge in [-0.25, -0.2) is 4.98 Å². The number of hydrogen-bond acceptors (Lipinski definition) is 3. The van der Waals surface area contributed by atoms with Crippen LogP contribution in [-0.4, -0.2) is 22.3 Å². The summed E-state index contributed by atoms with van der Waals surface area (Å²) in [4.78, 5) is 18.3. The van der Waals surface area contributed by atoms with Gasteiger partial charge < -0.3 is 4.90 Å². The van der Waals surface area contributed by atoms with Gasteiger partial charge in [-0.15, -0.1) is 11.3 Å². The largest absolute Gasteiger partial charge is 0.336 e. The van der Waals surface area contributed by atoms with E-state index in [-0.39, 0.29) is 0 Å².